The number of nitrogens with zero attached hydrogens (tertiary/aromatic N) is 1. The molecule has 2 aromatic rings. The molecule has 1 N–H and O–H groups in total. The van der Waals surface area contributed by atoms with Crippen LogP contribution in [0.25, 0.3) is 0 Å². The summed E-state index contributed by atoms with van der Waals surface area (Å²) in [5.74, 6) is -0.310. The van der Waals surface area contributed by atoms with Crippen molar-refractivity contribution in [2.45, 2.75) is 31.1 Å². The van der Waals surface area contributed by atoms with Gasteiger partial charge in [0.25, 0.3) is 0 Å². The Kier molecular flexibility index (Phi) is 8.28. The molecule has 0 aliphatic heterocycles. The first-order valence-corrected chi connectivity index (χ1v) is 10.8. The fourth-order valence-corrected chi connectivity index (χ4v) is 3.68. The Bertz CT molecular complexity index is 979. The van der Waals surface area contributed by atoms with Crippen LogP contribution in [0.3, 0.4) is 0 Å². The van der Waals surface area contributed by atoms with Crippen LogP contribution in [0.2, 0.25) is 0 Å². The van der Waals surface area contributed by atoms with E-state index in [-0.39, 0.29) is 30.0 Å². The summed E-state index contributed by atoms with van der Waals surface area (Å²) in [5.41, 5.74) is 0.172. The zero-order valence-electron chi connectivity index (χ0n) is 17.0. The first-order chi connectivity index (χ1) is 14.5. The van der Waals surface area contributed by atoms with Gasteiger partial charge in [-0.15, -0.1) is 13.2 Å². The van der Waals surface area contributed by atoms with Crippen molar-refractivity contribution in [3.05, 3.63) is 54.1 Å². The van der Waals surface area contributed by atoms with Crippen LogP contribution in [0.5, 0.6) is 11.5 Å². The number of ether oxygens (including phenoxy) is 2. The quantitative estimate of drug-likeness (QED) is 0.588. The number of carbonyl (C=O) groups excluding carboxylic acids is 1. The highest BCUT2D eigenvalue weighted by atomic mass is 32.2. The number of hydrogen-bond acceptors (Lipinski definition) is 5. The van der Waals surface area contributed by atoms with Gasteiger partial charge >= 0.3 is 6.36 Å². The molecule has 0 saturated heterocycles. The van der Waals surface area contributed by atoms with Crippen LogP contribution >= 0.6 is 0 Å². The van der Waals surface area contributed by atoms with Crippen LogP contribution in [0, 0.1) is 0 Å². The van der Waals surface area contributed by atoms with Gasteiger partial charge in [-0.1, -0.05) is 18.2 Å². The van der Waals surface area contributed by atoms with Crippen molar-refractivity contribution in [3.63, 3.8) is 0 Å². The van der Waals surface area contributed by atoms with Crippen molar-refractivity contribution < 1.29 is 35.9 Å². The van der Waals surface area contributed by atoms with Gasteiger partial charge in [0.2, 0.25) is 15.9 Å². The van der Waals surface area contributed by atoms with E-state index in [2.05, 4.69) is 9.46 Å². The number of nitrogens with one attached hydrogen (secondary N) is 1. The van der Waals surface area contributed by atoms with Crippen LogP contribution in [-0.2, 0) is 21.4 Å². The molecule has 2 aromatic carbocycles. The molecule has 1 amide bonds. The summed E-state index contributed by atoms with van der Waals surface area (Å²) in [7, 11) is -2.41. The van der Waals surface area contributed by atoms with E-state index in [9.17, 15) is 26.4 Å². The number of hydrogen-bond donors (Lipinski definition) is 1. The van der Waals surface area contributed by atoms with E-state index in [4.69, 9.17) is 4.74 Å². The zero-order valence-corrected chi connectivity index (χ0v) is 17.8. The van der Waals surface area contributed by atoms with E-state index in [0.717, 1.165) is 6.07 Å². The summed E-state index contributed by atoms with van der Waals surface area (Å²) < 4.78 is 73.8. The van der Waals surface area contributed by atoms with Gasteiger partial charge in [0.1, 0.15) is 11.5 Å². The average molecular weight is 460 g/mol. The zero-order chi connectivity index (χ0) is 23.1. The van der Waals surface area contributed by atoms with Crippen LogP contribution in [-0.4, -0.2) is 45.8 Å². The number of rotatable bonds is 10. The lowest BCUT2D eigenvalue weighted by Crippen LogP contribution is -2.32. The second kappa shape index (κ2) is 10.5. The van der Waals surface area contributed by atoms with Crippen LogP contribution in [0.4, 0.5) is 13.2 Å². The summed E-state index contributed by atoms with van der Waals surface area (Å²) in [5, 5.41) is 0. The molecule has 0 bridgehead atoms. The summed E-state index contributed by atoms with van der Waals surface area (Å²) >= 11 is 0. The molecule has 0 atom stereocenters. The highest BCUT2D eigenvalue weighted by Gasteiger charge is 2.32. The summed E-state index contributed by atoms with van der Waals surface area (Å²) in [6.07, 6.45) is -5.02. The monoisotopic (exact) mass is 460 g/mol. The third-order valence-electron chi connectivity index (χ3n) is 4.11. The number of sulfonamides is 1. The Morgan fingerprint density at radius 1 is 1.10 bits per heavy atom. The number of halogens is 3. The Morgan fingerprint density at radius 2 is 1.74 bits per heavy atom. The number of alkyl halides is 3. The average Bonchev–Trinajstić information content (AvgIpc) is 2.69. The smallest absolute Gasteiger partial charge is 0.494 e. The van der Waals surface area contributed by atoms with Gasteiger partial charge in [0, 0.05) is 32.1 Å². The van der Waals surface area contributed by atoms with Gasteiger partial charge in [-0.2, -0.15) is 0 Å². The van der Waals surface area contributed by atoms with E-state index in [1.807, 2.05) is 6.92 Å². The molecule has 11 heteroatoms. The Balaban J connectivity index is 1.91. The van der Waals surface area contributed by atoms with E-state index in [1.54, 1.807) is 0 Å². The fraction of sp³-hybridized carbons (Fsp3) is 0.350. The number of benzene rings is 2. The standard InChI is InChI=1S/C20H23F3N2O5S/c1-3-29-16-8-10-17(11-9-16)31(27,28)24-13-12-19(26)25(2)14-15-6-4-5-7-18(15)30-20(21,22)23/h4-11,24H,3,12-14H2,1-2H3. The molecule has 0 radical (unpaired) electrons. The number of carbonyl (C=O) groups is 1. The van der Waals surface area contributed by atoms with Crippen molar-refractivity contribution in [1.82, 2.24) is 9.62 Å². The van der Waals surface area contributed by atoms with E-state index in [1.165, 1.54) is 54.4 Å². The maximum absolute atomic E-state index is 12.5. The lowest BCUT2D eigenvalue weighted by molar-refractivity contribution is -0.275. The van der Waals surface area contributed by atoms with Gasteiger partial charge in [0.05, 0.1) is 11.5 Å². The molecule has 0 fully saturated rings. The Labute approximate surface area is 178 Å². The highest BCUT2D eigenvalue weighted by Crippen LogP contribution is 2.27. The highest BCUT2D eigenvalue weighted by molar-refractivity contribution is 7.89. The second-order valence-corrected chi connectivity index (χ2v) is 8.22. The van der Waals surface area contributed by atoms with Gasteiger partial charge in [-0.05, 0) is 37.3 Å². The molecule has 170 valence electrons. The van der Waals surface area contributed by atoms with Crippen molar-refractivity contribution in [1.29, 1.82) is 0 Å². The molecule has 0 saturated carbocycles. The third-order valence-corrected chi connectivity index (χ3v) is 5.58. The van der Waals surface area contributed by atoms with Gasteiger partial charge < -0.3 is 14.4 Å². The van der Waals surface area contributed by atoms with Crippen molar-refractivity contribution in [2.75, 3.05) is 20.2 Å². The van der Waals surface area contributed by atoms with Gasteiger partial charge in [-0.3, -0.25) is 4.79 Å². The minimum Gasteiger partial charge on any atom is -0.494 e. The molecular formula is C20H23F3N2O5S. The Morgan fingerprint density at radius 3 is 2.35 bits per heavy atom. The van der Waals surface area contributed by atoms with E-state index in [0.29, 0.717) is 12.4 Å². The minimum absolute atomic E-state index is 0.0231. The molecule has 0 aliphatic carbocycles. The van der Waals surface area contributed by atoms with Crippen molar-refractivity contribution in [3.8, 4) is 11.5 Å². The van der Waals surface area contributed by atoms with E-state index < -0.39 is 28.0 Å². The van der Waals surface area contributed by atoms with E-state index >= 15 is 0 Å². The van der Waals surface area contributed by atoms with Crippen molar-refractivity contribution in [2.24, 2.45) is 0 Å². The first kappa shape index (κ1) is 24.5. The third kappa shape index (κ3) is 7.76. The lowest BCUT2D eigenvalue weighted by Gasteiger charge is -2.20. The number of para-hydroxylation sites is 1. The molecular weight excluding hydrogens is 437 g/mol. The minimum atomic E-state index is -4.85. The summed E-state index contributed by atoms with van der Waals surface area (Å²) in [4.78, 5) is 13.5. The lowest BCUT2D eigenvalue weighted by atomic mass is 10.2. The molecule has 0 spiro atoms. The summed E-state index contributed by atoms with van der Waals surface area (Å²) in [6.45, 7) is 1.96. The van der Waals surface area contributed by atoms with Gasteiger partial charge in [-0.25, -0.2) is 13.1 Å². The maximum atomic E-state index is 12.5. The normalized spacial score (nSPS) is 11.8. The molecule has 0 aliphatic rings. The summed E-state index contributed by atoms with van der Waals surface area (Å²) in [6, 6.07) is 11.3. The molecule has 0 unspecified atom stereocenters. The molecule has 7 nitrogen and oxygen atoms in total. The topological polar surface area (TPSA) is 84.9 Å². The Hall–Kier alpha value is -2.79. The number of amides is 1. The SMILES string of the molecule is CCOc1ccc(S(=O)(=O)NCCC(=O)N(C)Cc2ccccc2OC(F)(F)F)cc1. The maximum Gasteiger partial charge on any atom is 0.573 e. The largest absolute Gasteiger partial charge is 0.573 e. The van der Waals surface area contributed by atoms with Crippen LogP contribution in [0.1, 0.15) is 18.9 Å². The van der Waals surface area contributed by atoms with Crippen LogP contribution in [0.15, 0.2) is 53.4 Å². The predicted molar refractivity (Wildman–Crippen MR) is 107 cm³/mol. The van der Waals surface area contributed by atoms with Crippen molar-refractivity contribution >= 4 is 15.9 Å². The molecule has 0 heterocycles. The predicted octanol–water partition coefficient (Wildman–Crippen LogP) is 3.31. The fourth-order valence-electron chi connectivity index (χ4n) is 2.65. The molecule has 0 aromatic heterocycles. The molecule has 2 rings (SSSR count). The second-order valence-electron chi connectivity index (χ2n) is 6.46. The van der Waals surface area contributed by atoms with Gasteiger partial charge in [0.15, 0.2) is 0 Å². The van der Waals surface area contributed by atoms with Crippen LogP contribution < -0.4 is 14.2 Å². The molecule has 31 heavy (non-hydrogen) atoms. The first-order valence-electron chi connectivity index (χ1n) is 9.32.